The quantitative estimate of drug-likeness (QED) is 0.601. The third-order valence-corrected chi connectivity index (χ3v) is 5.74. The number of hydrogen-bond acceptors (Lipinski definition) is 4. The van der Waals surface area contributed by atoms with Crippen LogP contribution in [0.15, 0.2) is 42.0 Å². The van der Waals surface area contributed by atoms with Gasteiger partial charge in [0, 0.05) is 18.2 Å². The van der Waals surface area contributed by atoms with E-state index in [1.54, 1.807) is 0 Å². The number of benzene rings is 1. The van der Waals surface area contributed by atoms with Gasteiger partial charge in [-0.2, -0.15) is 0 Å². The number of nitrogens with zero attached hydrogens (tertiary/aromatic N) is 1. The van der Waals surface area contributed by atoms with Crippen LogP contribution >= 0.6 is 0 Å². The van der Waals surface area contributed by atoms with Crippen LogP contribution in [0.5, 0.6) is 0 Å². The molecule has 0 aromatic heterocycles. The first-order valence-electron chi connectivity index (χ1n) is 10.9. The summed E-state index contributed by atoms with van der Waals surface area (Å²) in [6.07, 6.45) is 9.23. The number of piperidine rings is 1. The monoisotopic (exact) mass is 412 g/mol. The number of anilines is 1. The molecule has 3 rings (SSSR count). The maximum absolute atomic E-state index is 12.4. The summed E-state index contributed by atoms with van der Waals surface area (Å²) in [4.78, 5) is 38.4. The summed E-state index contributed by atoms with van der Waals surface area (Å²) in [5.41, 5.74) is 2.20. The molecule has 0 saturated carbocycles. The van der Waals surface area contributed by atoms with E-state index in [4.69, 9.17) is 0 Å². The van der Waals surface area contributed by atoms with Crippen molar-refractivity contribution < 1.29 is 14.4 Å². The minimum Gasteiger partial charge on any atom is -0.337 e. The van der Waals surface area contributed by atoms with Crippen LogP contribution in [0.3, 0.4) is 0 Å². The molecule has 0 bridgehead atoms. The first-order chi connectivity index (χ1) is 14.6. The minimum atomic E-state index is -0.437. The Balaban J connectivity index is 1.30. The Kier molecular flexibility index (Phi) is 8.44. The fraction of sp³-hybridized carbons (Fsp3) is 0.522. The van der Waals surface area contributed by atoms with E-state index in [0.717, 1.165) is 24.9 Å². The van der Waals surface area contributed by atoms with Gasteiger partial charge in [-0.05, 0) is 70.2 Å². The van der Waals surface area contributed by atoms with Crippen molar-refractivity contribution in [3.05, 3.63) is 42.0 Å². The van der Waals surface area contributed by atoms with Gasteiger partial charge in [0.1, 0.15) is 0 Å². The van der Waals surface area contributed by atoms with E-state index in [9.17, 15) is 14.4 Å². The van der Waals surface area contributed by atoms with Gasteiger partial charge in [-0.25, -0.2) is 4.79 Å². The highest BCUT2D eigenvalue weighted by atomic mass is 16.2. The zero-order valence-electron chi connectivity index (χ0n) is 17.5. The van der Waals surface area contributed by atoms with Crippen molar-refractivity contribution >= 4 is 23.5 Å². The van der Waals surface area contributed by atoms with Crippen molar-refractivity contribution in [3.8, 4) is 0 Å². The molecule has 0 radical (unpaired) electrons. The lowest BCUT2D eigenvalue weighted by Crippen LogP contribution is -2.47. The number of carbonyl (C=O) groups is 3. The molecule has 1 saturated heterocycles. The SMILES string of the molecule is O=C(CN1CCC(C(=O)Nc2ccccc2)CC1)NC(=O)NCCC1=CCCCC1. The van der Waals surface area contributed by atoms with Crippen molar-refractivity contribution in [2.75, 3.05) is 31.5 Å². The summed E-state index contributed by atoms with van der Waals surface area (Å²) in [5.74, 6) is -0.337. The summed E-state index contributed by atoms with van der Waals surface area (Å²) in [5, 5.41) is 8.11. The summed E-state index contributed by atoms with van der Waals surface area (Å²) in [6.45, 7) is 2.05. The molecule has 1 aliphatic heterocycles. The molecule has 0 unspecified atom stereocenters. The van der Waals surface area contributed by atoms with Gasteiger partial charge in [0.05, 0.1) is 6.54 Å². The number of likely N-dealkylation sites (tertiary alicyclic amines) is 1. The summed E-state index contributed by atoms with van der Waals surface area (Å²) in [7, 11) is 0. The number of rotatable bonds is 7. The molecule has 1 aromatic rings. The van der Waals surface area contributed by atoms with Gasteiger partial charge in [0.25, 0.3) is 0 Å². The largest absolute Gasteiger partial charge is 0.337 e. The molecule has 0 atom stereocenters. The number of para-hydroxylation sites is 1. The fourth-order valence-corrected chi connectivity index (χ4v) is 4.00. The van der Waals surface area contributed by atoms with Crippen LogP contribution in [-0.4, -0.2) is 48.9 Å². The predicted molar refractivity (Wildman–Crippen MR) is 117 cm³/mol. The number of carbonyl (C=O) groups excluding carboxylic acids is 3. The van der Waals surface area contributed by atoms with Gasteiger partial charge in [-0.1, -0.05) is 29.8 Å². The summed E-state index contributed by atoms with van der Waals surface area (Å²) >= 11 is 0. The molecule has 1 aliphatic carbocycles. The van der Waals surface area contributed by atoms with E-state index in [0.29, 0.717) is 32.5 Å². The van der Waals surface area contributed by atoms with Crippen molar-refractivity contribution in [3.63, 3.8) is 0 Å². The van der Waals surface area contributed by atoms with Gasteiger partial charge >= 0.3 is 6.03 Å². The van der Waals surface area contributed by atoms with Crippen LogP contribution in [0.25, 0.3) is 0 Å². The lowest BCUT2D eigenvalue weighted by Gasteiger charge is -2.30. The fourth-order valence-electron chi connectivity index (χ4n) is 4.00. The highest BCUT2D eigenvalue weighted by molar-refractivity contribution is 5.95. The van der Waals surface area contributed by atoms with E-state index >= 15 is 0 Å². The Morgan fingerprint density at radius 2 is 1.80 bits per heavy atom. The summed E-state index contributed by atoms with van der Waals surface area (Å²) in [6, 6.07) is 8.99. The molecule has 162 valence electrons. The van der Waals surface area contributed by atoms with Crippen LogP contribution in [-0.2, 0) is 9.59 Å². The molecule has 1 heterocycles. The van der Waals surface area contributed by atoms with Crippen molar-refractivity contribution in [1.82, 2.24) is 15.5 Å². The smallest absolute Gasteiger partial charge is 0.321 e. The Morgan fingerprint density at radius 3 is 2.50 bits per heavy atom. The average Bonchev–Trinajstić information content (AvgIpc) is 2.75. The Morgan fingerprint density at radius 1 is 1.03 bits per heavy atom. The average molecular weight is 413 g/mol. The molecular formula is C23H32N4O3. The number of amides is 4. The van der Waals surface area contributed by atoms with Crippen LogP contribution in [0.1, 0.15) is 44.9 Å². The van der Waals surface area contributed by atoms with Gasteiger partial charge in [-0.3, -0.25) is 19.8 Å². The molecule has 1 fully saturated rings. The number of urea groups is 1. The van der Waals surface area contributed by atoms with Gasteiger partial charge in [-0.15, -0.1) is 0 Å². The lowest BCUT2D eigenvalue weighted by atomic mass is 9.96. The van der Waals surface area contributed by atoms with Crippen molar-refractivity contribution in [2.24, 2.45) is 5.92 Å². The predicted octanol–water partition coefficient (Wildman–Crippen LogP) is 3.05. The maximum Gasteiger partial charge on any atom is 0.321 e. The molecule has 2 aliphatic rings. The highest BCUT2D eigenvalue weighted by Crippen LogP contribution is 2.20. The molecule has 7 nitrogen and oxygen atoms in total. The maximum atomic E-state index is 12.4. The Hall–Kier alpha value is -2.67. The van der Waals surface area contributed by atoms with Crippen LogP contribution in [0.2, 0.25) is 0 Å². The Bertz CT molecular complexity index is 755. The molecule has 7 heteroatoms. The molecule has 1 aromatic carbocycles. The first kappa shape index (κ1) is 22.0. The molecule has 3 N–H and O–H groups in total. The number of nitrogens with one attached hydrogen (secondary N) is 3. The third kappa shape index (κ3) is 7.30. The van der Waals surface area contributed by atoms with Gasteiger partial charge in [0.2, 0.25) is 11.8 Å². The molecule has 4 amide bonds. The van der Waals surface area contributed by atoms with Crippen LogP contribution in [0.4, 0.5) is 10.5 Å². The second kappa shape index (κ2) is 11.5. The Labute approximate surface area is 178 Å². The molecule has 30 heavy (non-hydrogen) atoms. The standard InChI is InChI=1S/C23H32N4O3/c28-21(26-23(30)24-14-11-18-7-3-1-4-8-18)17-27-15-12-19(13-16-27)22(29)25-20-9-5-2-6-10-20/h2,5-7,9-10,19H,1,3-4,8,11-17H2,(H,25,29)(H2,24,26,28,30). The number of hydrogen-bond donors (Lipinski definition) is 3. The van der Waals surface area contributed by atoms with E-state index in [-0.39, 0.29) is 24.3 Å². The normalized spacial score (nSPS) is 17.7. The van der Waals surface area contributed by atoms with Crippen LogP contribution < -0.4 is 16.0 Å². The minimum absolute atomic E-state index is 0.0257. The van der Waals surface area contributed by atoms with E-state index < -0.39 is 6.03 Å². The number of imide groups is 1. The second-order valence-corrected chi connectivity index (χ2v) is 8.07. The highest BCUT2D eigenvalue weighted by Gasteiger charge is 2.26. The van der Waals surface area contributed by atoms with Gasteiger partial charge < -0.3 is 10.6 Å². The summed E-state index contributed by atoms with van der Waals surface area (Å²) < 4.78 is 0. The second-order valence-electron chi connectivity index (χ2n) is 8.07. The van der Waals surface area contributed by atoms with Crippen molar-refractivity contribution in [2.45, 2.75) is 44.9 Å². The zero-order chi connectivity index (χ0) is 21.2. The number of allylic oxidation sites excluding steroid dienone is 1. The van der Waals surface area contributed by atoms with Crippen LogP contribution in [0, 0.1) is 5.92 Å². The lowest BCUT2D eigenvalue weighted by molar-refractivity contribution is -0.122. The van der Waals surface area contributed by atoms with E-state index in [1.807, 2.05) is 35.2 Å². The first-order valence-corrected chi connectivity index (χ1v) is 10.9. The van der Waals surface area contributed by atoms with Gasteiger partial charge in [0.15, 0.2) is 0 Å². The van der Waals surface area contributed by atoms with Crippen molar-refractivity contribution in [1.29, 1.82) is 0 Å². The topological polar surface area (TPSA) is 90.5 Å². The molecular weight excluding hydrogens is 380 g/mol. The van der Waals surface area contributed by atoms with E-state index in [2.05, 4.69) is 22.0 Å². The zero-order valence-corrected chi connectivity index (χ0v) is 17.5. The third-order valence-electron chi connectivity index (χ3n) is 5.74. The molecule has 0 spiro atoms. The van der Waals surface area contributed by atoms with E-state index in [1.165, 1.54) is 18.4 Å².